The molecule has 0 spiro atoms. The fourth-order valence-corrected chi connectivity index (χ4v) is 4.10. The zero-order valence-electron chi connectivity index (χ0n) is 16.2. The molecule has 0 aliphatic carbocycles. The average Bonchev–Trinajstić information content (AvgIpc) is 2.65. The van der Waals surface area contributed by atoms with Crippen molar-refractivity contribution in [3.05, 3.63) is 65.7 Å². The molecule has 3 aromatic rings. The molecular formula is C23H26N2O2. The molecule has 0 radical (unpaired) electrons. The van der Waals surface area contributed by atoms with Gasteiger partial charge in [-0.05, 0) is 47.9 Å². The molecule has 0 amide bonds. The van der Waals surface area contributed by atoms with E-state index in [1.54, 1.807) is 4.90 Å². The summed E-state index contributed by atoms with van der Waals surface area (Å²) in [6.45, 7) is 3.97. The maximum atomic E-state index is 10.9. The van der Waals surface area contributed by atoms with Crippen molar-refractivity contribution >= 4 is 16.5 Å². The van der Waals surface area contributed by atoms with E-state index in [4.69, 9.17) is 0 Å². The van der Waals surface area contributed by atoms with Crippen molar-refractivity contribution in [3.8, 4) is 11.1 Å². The first-order valence-corrected chi connectivity index (χ1v) is 9.37. The zero-order chi connectivity index (χ0) is 19.3. The van der Waals surface area contributed by atoms with Crippen molar-refractivity contribution in [1.29, 1.82) is 0 Å². The van der Waals surface area contributed by atoms with Crippen LogP contribution in [-0.2, 0) is 0 Å². The topological polar surface area (TPSA) is 46.9 Å². The normalized spacial score (nSPS) is 19.7. The van der Waals surface area contributed by atoms with Crippen molar-refractivity contribution in [2.75, 3.05) is 19.0 Å². The smallest absolute Gasteiger partial charge is 0.136 e. The Balaban J connectivity index is 1.91. The standard InChI is InChI=1S/C23H26N2O2/c1-14(2)25-22(26)19-7-5-6-18-17(12-13-20(21(18)19)23(25)27)15-8-10-16(11-9-15)24(3)4/h5-14,22-23,26-27H,1-4H3. The van der Waals surface area contributed by atoms with Gasteiger partial charge in [0.25, 0.3) is 0 Å². The number of rotatable bonds is 3. The Labute approximate surface area is 160 Å². The molecule has 0 saturated carbocycles. The van der Waals surface area contributed by atoms with Crippen LogP contribution < -0.4 is 4.90 Å². The molecule has 4 nitrogen and oxygen atoms in total. The summed E-state index contributed by atoms with van der Waals surface area (Å²) in [5.74, 6) is 0. The minimum absolute atomic E-state index is 0.0247. The summed E-state index contributed by atoms with van der Waals surface area (Å²) in [5.41, 5.74) is 5.10. The Morgan fingerprint density at radius 3 is 2.07 bits per heavy atom. The third kappa shape index (κ3) is 2.81. The lowest BCUT2D eigenvalue weighted by atomic mass is 9.88. The highest BCUT2D eigenvalue weighted by Gasteiger charge is 2.35. The van der Waals surface area contributed by atoms with Crippen LogP contribution in [0.5, 0.6) is 0 Å². The number of aliphatic hydroxyl groups excluding tert-OH is 2. The molecule has 1 aliphatic rings. The summed E-state index contributed by atoms with van der Waals surface area (Å²) in [4.78, 5) is 3.82. The number of aliphatic hydroxyl groups is 2. The van der Waals surface area contributed by atoms with Crippen LogP contribution in [0.3, 0.4) is 0 Å². The molecule has 2 N–H and O–H groups in total. The van der Waals surface area contributed by atoms with E-state index in [9.17, 15) is 10.2 Å². The van der Waals surface area contributed by atoms with Gasteiger partial charge in [-0.1, -0.05) is 42.5 Å². The molecule has 2 unspecified atom stereocenters. The summed E-state index contributed by atoms with van der Waals surface area (Å²) in [7, 11) is 4.06. The minimum Gasteiger partial charge on any atom is -0.378 e. The Bertz CT molecular complexity index is 963. The fourth-order valence-electron chi connectivity index (χ4n) is 4.10. The molecule has 0 bridgehead atoms. The fraction of sp³-hybridized carbons (Fsp3) is 0.304. The Morgan fingerprint density at radius 2 is 1.48 bits per heavy atom. The van der Waals surface area contributed by atoms with Gasteiger partial charge in [-0.15, -0.1) is 0 Å². The molecule has 1 aliphatic heterocycles. The molecular weight excluding hydrogens is 336 g/mol. The molecule has 4 heteroatoms. The van der Waals surface area contributed by atoms with E-state index in [1.165, 1.54) is 0 Å². The predicted octanol–water partition coefficient (Wildman–Crippen LogP) is 4.28. The van der Waals surface area contributed by atoms with Gasteiger partial charge in [0, 0.05) is 37.0 Å². The third-order valence-electron chi connectivity index (χ3n) is 5.52. The lowest BCUT2D eigenvalue weighted by Gasteiger charge is -2.40. The van der Waals surface area contributed by atoms with Gasteiger partial charge in [0.2, 0.25) is 0 Å². The van der Waals surface area contributed by atoms with Gasteiger partial charge in [0.05, 0.1) is 0 Å². The minimum atomic E-state index is -0.817. The van der Waals surface area contributed by atoms with Gasteiger partial charge >= 0.3 is 0 Å². The van der Waals surface area contributed by atoms with Crippen LogP contribution in [0.25, 0.3) is 21.9 Å². The molecule has 0 saturated heterocycles. The van der Waals surface area contributed by atoms with Crippen molar-refractivity contribution in [1.82, 2.24) is 4.90 Å². The molecule has 2 atom stereocenters. The first kappa shape index (κ1) is 18.0. The van der Waals surface area contributed by atoms with Gasteiger partial charge < -0.3 is 15.1 Å². The number of anilines is 1. The summed E-state index contributed by atoms with van der Waals surface area (Å²) >= 11 is 0. The maximum Gasteiger partial charge on any atom is 0.136 e. The zero-order valence-corrected chi connectivity index (χ0v) is 16.2. The van der Waals surface area contributed by atoms with Gasteiger partial charge in [0.1, 0.15) is 12.5 Å². The largest absolute Gasteiger partial charge is 0.378 e. The van der Waals surface area contributed by atoms with E-state index in [1.807, 2.05) is 46.1 Å². The highest BCUT2D eigenvalue weighted by atomic mass is 16.3. The third-order valence-corrected chi connectivity index (χ3v) is 5.52. The first-order chi connectivity index (χ1) is 12.9. The molecule has 4 rings (SSSR count). The number of nitrogens with zero attached hydrogens (tertiary/aromatic N) is 2. The second-order valence-electron chi connectivity index (χ2n) is 7.70. The van der Waals surface area contributed by atoms with Crippen molar-refractivity contribution < 1.29 is 10.2 Å². The van der Waals surface area contributed by atoms with Gasteiger partial charge in [-0.2, -0.15) is 0 Å². The lowest BCUT2D eigenvalue weighted by molar-refractivity contribution is -0.127. The Hall–Kier alpha value is -2.40. The van der Waals surface area contributed by atoms with Crippen LogP contribution in [0.2, 0.25) is 0 Å². The highest BCUT2D eigenvalue weighted by Crippen LogP contribution is 2.44. The average molecular weight is 362 g/mol. The van der Waals surface area contributed by atoms with Crippen LogP contribution >= 0.6 is 0 Å². The van der Waals surface area contributed by atoms with Crippen molar-refractivity contribution in [3.63, 3.8) is 0 Å². The van der Waals surface area contributed by atoms with Crippen LogP contribution in [0, 0.1) is 0 Å². The summed E-state index contributed by atoms with van der Waals surface area (Å²) in [6.07, 6.45) is -1.63. The van der Waals surface area contributed by atoms with E-state index in [2.05, 4.69) is 41.3 Å². The van der Waals surface area contributed by atoms with Crippen molar-refractivity contribution in [2.45, 2.75) is 32.3 Å². The number of benzene rings is 3. The van der Waals surface area contributed by atoms with Crippen LogP contribution in [0.15, 0.2) is 54.6 Å². The Morgan fingerprint density at radius 1 is 0.852 bits per heavy atom. The summed E-state index contributed by atoms with van der Waals surface area (Å²) < 4.78 is 0. The van der Waals surface area contributed by atoms with E-state index in [0.29, 0.717) is 0 Å². The van der Waals surface area contributed by atoms with Crippen LogP contribution in [0.1, 0.15) is 37.4 Å². The number of hydrogen-bond acceptors (Lipinski definition) is 4. The quantitative estimate of drug-likeness (QED) is 0.730. The van der Waals surface area contributed by atoms with Gasteiger partial charge in [-0.25, -0.2) is 4.90 Å². The highest BCUT2D eigenvalue weighted by molar-refractivity contribution is 6.01. The van der Waals surface area contributed by atoms with Gasteiger partial charge in [-0.3, -0.25) is 0 Å². The SMILES string of the molecule is CC(C)N1C(O)c2cccc3c(-c4ccc(N(C)C)cc4)ccc(c23)C1O. The van der Waals surface area contributed by atoms with E-state index >= 15 is 0 Å². The van der Waals surface area contributed by atoms with E-state index in [0.717, 1.165) is 38.7 Å². The predicted molar refractivity (Wildman–Crippen MR) is 111 cm³/mol. The summed E-state index contributed by atoms with van der Waals surface area (Å²) in [6, 6.07) is 18.6. The molecule has 0 fully saturated rings. The number of hydrogen-bond donors (Lipinski definition) is 2. The maximum absolute atomic E-state index is 10.9. The summed E-state index contributed by atoms with van der Waals surface area (Å²) in [5, 5.41) is 23.8. The molecule has 1 heterocycles. The monoisotopic (exact) mass is 362 g/mol. The van der Waals surface area contributed by atoms with Crippen molar-refractivity contribution in [2.24, 2.45) is 0 Å². The molecule has 140 valence electrons. The van der Waals surface area contributed by atoms with E-state index in [-0.39, 0.29) is 6.04 Å². The second kappa shape index (κ2) is 6.64. The van der Waals surface area contributed by atoms with Crippen LogP contribution in [0.4, 0.5) is 5.69 Å². The molecule has 0 aromatic heterocycles. The van der Waals surface area contributed by atoms with Gasteiger partial charge in [0.15, 0.2) is 0 Å². The Kier molecular flexibility index (Phi) is 4.42. The molecule has 27 heavy (non-hydrogen) atoms. The molecule has 3 aromatic carbocycles. The first-order valence-electron chi connectivity index (χ1n) is 9.37. The van der Waals surface area contributed by atoms with E-state index < -0.39 is 12.5 Å². The lowest BCUT2D eigenvalue weighted by Crippen LogP contribution is -2.40. The van der Waals surface area contributed by atoms with Crippen LogP contribution in [-0.4, -0.2) is 35.3 Å². The second-order valence-corrected chi connectivity index (χ2v) is 7.70.